The average molecular weight is 545 g/mol. The number of aromatic nitrogens is 3. The van der Waals surface area contributed by atoms with Gasteiger partial charge in [0.15, 0.2) is 0 Å². The molecule has 39 heavy (non-hydrogen) atoms. The minimum absolute atomic E-state index is 0.0903. The van der Waals surface area contributed by atoms with Gasteiger partial charge in [-0.1, -0.05) is 30.8 Å². The highest BCUT2D eigenvalue weighted by Gasteiger charge is 2.39. The van der Waals surface area contributed by atoms with Crippen LogP contribution >= 0.6 is 0 Å². The van der Waals surface area contributed by atoms with Crippen molar-refractivity contribution < 1.29 is 31.9 Å². The Bertz CT molecular complexity index is 1380. The van der Waals surface area contributed by atoms with E-state index >= 15 is 0 Å². The van der Waals surface area contributed by atoms with E-state index < -0.39 is 36.1 Å². The highest BCUT2D eigenvalue weighted by Crippen LogP contribution is 2.35. The van der Waals surface area contributed by atoms with Crippen molar-refractivity contribution in [3.8, 4) is 11.1 Å². The summed E-state index contributed by atoms with van der Waals surface area (Å²) in [4.78, 5) is 37.0. The quantitative estimate of drug-likeness (QED) is 0.283. The van der Waals surface area contributed by atoms with Gasteiger partial charge in [-0.15, -0.1) is 0 Å². The van der Waals surface area contributed by atoms with E-state index in [1.165, 1.54) is 19.2 Å². The molecule has 3 heterocycles. The number of carbonyl (C=O) groups is 2. The fraction of sp³-hybridized carbons (Fsp3) is 0.269. The molecule has 2 aromatic heterocycles. The highest BCUT2D eigenvalue weighted by atomic mass is 19.4. The lowest BCUT2D eigenvalue weighted by Crippen LogP contribution is -2.39. The van der Waals surface area contributed by atoms with Gasteiger partial charge in [0.05, 0.1) is 17.9 Å². The maximum absolute atomic E-state index is 14.0. The van der Waals surface area contributed by atoms with E-state index in [0.717, 1.165) is 28.8 Å². The van der Waals surface area contributed by atoms with E-state index in [-0.39, 0.29) is 35.7 Å². The predicted molar refractivity (Wildman–Crippen MR) is 136 cm³/mol. The highest BCUT2D eigenvalue weighted by molar-refractivity contribution is 6.01. The number of ether oxygens (including phenoxy) is 1. The normalized spacial score (nSPS) is 16.8. The van der Waals surface area contributed by atoms with Crippen molar-refractivity contribution >= 4 is 29.5 Å². The molecule has 3 aromatic rings. The van der Waals surface area contributed by atoms with Crippen molar-refractivity contribution in [1.29, 1.82) is 0 Å². The molecule has 0 saturated carbocycles. The molecule has 4 rings (SSSR count). The predicted octanol–water partition coefficient (Wildman–Crippen LogP) is 5.54. The van der Waals surface area contributed by atoms with Crippen LogP contribution < -0.4 is 15.5 Å². The van der Waals surface area contributed by atoms with E-state index in [2.05, 4.69) is 32.2 Å². The first-order chi connectivity index (χ1) is 18.5. The third kappa shape index (κ3) is 6.13. The maximum atomic E-state index is 14.0. The van der Waals surface area contributed by atoms with Crippen molar-refractivity contribution in [3.05, 3.63) is 72.7 Å². The summed E-state index contributed by atoms with van der Waals surface area (Å²) in [5.74, 6) is -0.240. The fourth-order valence-corrected chi connectivity index (χ4v) is 3.95. The summed E-state index contributed by atoms with van der Waals surface area (Å²) in [5, 5.41) is 5.57. The number of hydrogen-bond acceptors (Lipinski definition) is 7. The molecule has 204 valence electrons. The number of cyclic esters (lactones) is 1. The lowest BCUT2D eigenvalue weighted by atomic mass is 10.00. The molecule has 2 N–H and O–H groups in total. The number of nitrogens with zero attached hydrogens (tertiary/aromatic N) is 4. The number of halogens is 4. The molecule has 2 amide bonds. The number of pyridine rings is 1. The monoisotopic (exact) mass is 544 g/mol. The Labute approximate surface area is 220 Å². The second-order valence-corrected chi connectivity index (χ2v) is 8.72. The third-order valence-electron chi connectivity index (χ3n) is 6.03. The van der Waals surface area contributed by atoms with Crippen LogP contribution in [0, 0.1) is 0 Å². The largest absolute Gasteiger partial charge is 0.447 e. The molecule has 0 spiro atoms. The average Bonchev–Trinajstić information content (AvgIpc) is 3.30. The molecule has 13 heteroatoms. The topological polar surface area (TPSA) is 109 Å². The van der Waals surface area contributed by atoms with Crippen molar-refractivity contribution in [3.63, 3.8) is 0 Å². The van der Waals surface area contributed by atoms with Crippen molar-refractivity contribution in [2.45, 2.75) is 38.3 Å². The Balaban J connectivity index is 1.56. The van der Waals surface area contributed by atoms with E-state index in [9.17, 15) is 27.2 Å². The van der Waals surface area contributed by atoms with Crippen molar-refractivity contribution in [2.24, 2.45) is 0 Å². The number of nitrogens with one attached hydrogen (secondary N) is 2. The van der Waals surface area contributed by atoms with Gasteiger partial charge in [0.1, 0.15) is 30.3 Å². The van der Waals surface area contributed by atoms with Crippen LogP contribution in [0.4, 0.5) is 39.8 Å². The number of anilines is 3. The van der Waals surface area contributed by atoms with E-state index in [4.69, 9.17) is 4.74 Å². The molecular formula is C26H24F4N6O3. The zero-order chi connectivity index (χ0) is 28.3. The van der Waals surface area contributed by atoms with Crippen LogP contribution in [0.5, 0.6) is 0 Å². The molecule has 1 aliphatic heterocycles. The lowest BCUT2D eigenvalue weighted by molar-refractivity contribution is -0.141. The van der Waals surface area contributed by atoms with Crippen LogP contribution in [0.15, 0.2) is 61.4 Å². The van der Waals surface area contributed by atoms with Crippen molar-refractivity contribution in [1.82, 2.24) is 15.0 Å². The van der Waals surface area contributed by atoms with Crippen LogP contribution in [0.25, 0.3) is 11.1 Å². The fourth-order valence-electron chi connectivity index (χ4n) is 3.95. The van der Waals surface area contributed by atoms with Gasteiger partial charge in [-0.05, 0) is 43.2 Å². The third-order valence-corrected chi connectivity index (χ3v) is 6.03. The Morgan fingerprint density at radius 3 is 2.56 bits per heavy atom. The Hall–Kier alpha value is -4.55. The summed E-state index contributed by atoms with van der Waals surface area (Å²) in [6, 6.07) is 7.78. The smallest absolute Gasteiger partial charge is 0.433 e. The van der Waals surface area contributed by atoms with Gasteiger partial charge >= 0.3 is 12.3 Å². The van der Waals surface area contributed by atoms with Crippen LogP contribution in [0.2, 0.25) is 0 Å². The maximum Gasteiger partial charge on any atom is 0.433 e. The minimum Gasteiger partial charge on any atom is -0.447 e. The molecule has 0 aliphatic carbocycles. The van der Waals surface area contributed by atoms with Gasteiger partial charge in [-0.3, -0.25) is 9.69 Å². The summed E-state index contributed by atoms with van der Waals surface area (Å²) in [6.07, 6.45) is -3.33. The first-order valence-corrected chi connectivity index (χ1v) is 11.8. The first-order valence-electron chi connectivity index (χ1n) is 11.8. The van der Waals surface area contributed by atoms with Crippen LogP contribution in [-0.4, -0.2) is 45.8 Å². The molecule has 3 atom stereocenters. The number of alkyl halides is 4. The van der Waals surface area contributed by atoms with Gasteiger partial charge in [0.25, 0.3) is 0 Å². The number of benzene rings is 1. The standard InChI is InChI=1S/C26H24F4N6O3/c1-4-23(37)34-19-12-32-21(26(28,29)30)11-18(19)17-7-5-16(6-8-17)15(3)33-24-31-10-9-22(35-24)36-20(14(2)27)13-39-25(36)38/h4-12,14-15,20H,1,13H2,2-3H3,(H,34,37)(H,31,33,35)/t14-,15-,20+/m0/s1. The number of amides is 2. The zero-order valence-electron chi connectivity index (χ0n) is 20.9. The summed E-state index contributed by atoms with van der Waals surface area (Å²) >= 11 is 0. The van der Waals surface area contributed by atoms with E-state index in [1.54, 1.807) is 24.3 Å². The Morgan fingerprint density at radius 2 is 1.92 bits per heavy atom. The molecule has 1 aliphatic rings. The van der Waals surface area contributed by atoms with Gasteiger partial charge in [0.2, 0.25) is 11.9 Å². The van der Waals surface area contributed by atoms with Gasteiger partial charge in [-0.2, -0.15) is 18.2 Å². The lowest BCUT2D eigenvalue weighted by Gasteiger charge is -2.22. The molecule has 1 saturated heterocycles. The molecule has 9 nitrogen and oxygen atoms in total. The first kappa shape index (κ1) is 27.5. The number of hydrogen-bond donors (Lipinski definition) is 2. The molecule has 0 bridgehead atoms. The molecule has 1 fully saturated rings. The van der Waals surface area contributed by atoms with Crippen LogP contribution in [-0.2, 0) is 15.7 Å². The summed E-state index contributed by atoms with van der Waals surface area (Å²) in [7, 11) is 0. The molecular weight excluding hydrogens is 520 g/mol. The van der Waals surface area contributed by atoms with Gasteiger partial charge < -0.3 is 15.4 Å². The van der Waals surface area contributed by atoms with Crippen molar-refractivity contribution in [2.75, 3.05) is 22.1 Å². The number of carbonyl (C=O) groups excluding carboxylic acids is 2. The summed E-state index contributed by atoms with van der Waals surface area (Å²) in [6.45, 7) is 6.40. The molecule has 0 unspecified atom stereocenters. The van der Waals surface area contributed by atoms with E-state index in [0.29, 0.717) is 5.56 Å². The SMILES string of the molecule is C=CC(=O)Nc1cnc(C(F)(F)F)cc1-c1ccc([C@H](C)Nc2nccc(N3C(=O)OC[C@@H]3[C@H](C)F)n2)cc1. The van der Waals surface area contributed by atoms with E-state index in [1.807, 2.05) is 6.92 Å². The second kappa shape index (κ2) is 11.1. The molecule has 0 radical (unpaired) electrons. The summed E-state index contributed by atoms with van der Waals surface area (Å²) in [5.41, 5.74) is 0.278. The second-order valence-electron chi connectivity index (χ2n) is 8.72. The van der Waals surface area contributed by atoms with Crippen LogP contribution in [0.3, 0.4) is 0 Å². The minimum atomic E-state index is -4.67. The van der Waals surface area contributed by atoms with Crippen LogP contribution in [0.1, 0.15) is 31.1 Å². The van der Waals surface area contributed by atoms with Gasteiger partial charge in [0, 0.05) is 11.8 Å². The number of rotatable bonds is 8. The Kier molecular flexibility index (Phi) is 7.79. The summed E-state index contributed by atoms with van der Waals surface area (Å²) < 4.78 is 58.8. The van der Waals surface area contributed by atoms with Gasteiger partial charge in [-0.25, -0.2) is 19.2 Å². The molecule has 1 aromatic carbocycles. The zero-order valence-corrected chi connectivity index (χ0v) is 20.9. The Morgan fingerprint density at radius 1 is 1.21 bits per heavy atom.